The number of ether oxygens (including phenoxy) is 2. The highest BCUT2D eigenvalue weighted by Gasteiger charge is 2.32. The third-order valence-corrected chi connectivity index (χ3v) is 3.50. The van der Waals surface area contributed by atoms with Crippen LogP contribution in [0.1, 0.15) is 19.8 Å². The Balaban J connectivity index is 1.90. The standard InChI is InChI=1S/C15H21N3O4/c1-11(19)18-7-3-4-13(18)15(20)17-12-5-6-14(16-10-12)22-9-8-21-2/h5-6,10,13H,3-4,7-9H2,1-2H3,(H,17,20)/t13-/m0/s1. The van der Waals surface area contributed by atoms with Gasteiger partial charge in [-0.15, -0.1) is 0 Å². The van der Waals surface area contributed by atoms with Crippen molar-refractivity contribution >= 4 is 17.5 Å². The Kier molecular flexibility index (Phi) is 5.71. The molecule has 2 rings (SSSR count). The Hall–Kier alpha value is -2.15. The molecule has 0 aliphatic carbocycles. The molecule has 1 N–H and O–H groups in total. The van der Waals surface area contributed by atoms with Crippen LogP contribution in [0.4, 0.5) is 5.69 Å². The number of aromatic nitrogens is 1. The monoisotopic (exact) mass is 307 g/mol. The van der Waals surface area contributed by atoms with Gasteiger partial charge in [0.25, 0.3) is 0 Å². The molecule has 22 heavy (non-hydrogen) atoms. The minimum atomic E-state index is -0.393. The van der Waals surface area contributed by atoms with Gasteiger partial charge in [0.1, 0.15) is 12.6 Å². The zero-order valence-electron chi connectivity index (χ0n) is 12.9. The summed E-state index contributed by atoms with van der Waals surface area (Å²) in [6, 6.07) is 3.01. The van der Waals surface area contributed by atoms with Crippen molar-refractivity contribution in [1.82, 2.24) is 9.88 Å². The van der Waals surface area contributed by atoms with Crippen LogP contribution in [0.15, 0.2) is 18.3 Å². The smallest absolute Gasteiger partial charge is 0.247 e. The highest BCUT2D eigenvalue weighted by atomic mass is 16.5. The number of nitrogens with zero attached hydrogens (tertiary/aromatic N) is 2. The van der Waals surface area contributed by atoms with Gasteiger partial charge in [0.05, 0.1) is 18.5 Å². The third-order valence-electron chi connectivity index (χ3n) is 3.50. The number of carbonyl (C=O) groups is 2. The number of hydrogen-bond donors (Lipinski definition) is 1. The molecular weight excluding hydrogens is 286 g/mol. The first-order chi connectivity index (χ1) is 10.6. The maximum absolute atomic E-state index is 12.2. The SMILES string of the molecule is COCCOc1ccc(NC(=O)[C@@H]2CCCN2C(C)=O)cn1. The number of pyridine rings is 1. The first-order valence-corrected chi connectivity index (χ1v) is 7.27. The Morgan fingerprint density at radius 2 is 2.23 bits per heavy atom. The molecule has 0 bridgehead atoms. The molecule has 0 unspecified atom stereocenters. The molecule has 0 radical (unpaired) electrons. The molecule has 1 saturated heterocycles. The van der Waals surface area contributed by atoms with Gasteiger partial charge in [-0.3, -0.25) is 9.59 Å². The van der Waals surface area contributed by atoms with Crippen LogP contribution in [0.5, 0.6) is 5.88 Å². The van der Waals surface area contributed by atoms with Gasteiger partial charge in [-0.2, -0.15) is 0 Å². The lowest BCUT2D eigenvalue weighted by Crippen LogP contribution is -2.42. The summed E-state index contributed by atoms with van der Waals surface area (Å²) >= 11 is 0. The van der Waals surface area contributed by atoms with Gasteiger partial charge in [-0.05, 0) is 18.9 Å². The lowest BCUT2D eigenvalue weighted by atomic mass is 10.2. The quantitative estimate of drug-likeness (QED) is 0.795. The van der Waals surface area contributed by atoms with Crippen LogP contribution < -0.4 is 10.1 Å². The van der Waals surface area contributed by atoms with Gasteiger partial charge in [-0.1, -0.05) is 0 Å². The van der Waals surface area contributed by atoms with Gasteiger partial charge in [0.2, 0.25) is 17.7 Å². The lowest BCUT2D eigenvalue weighted by Gasteiger charge is -2.22. The molecule has 2 heterocycles. The molecule has 7 heteroatoms. The van der Waals surface area contributed by atoms with E-state index in [1.165, 1.54) is 13.1 Å². The van der Waals surface area contributed by atoms with E-state index in [0.29, 0.717) is 37.7 Å². The van der Waals surface area contributed by atoms with E-state index in [0.717, 1.165) is 6.42 Å². The van der Waals surface area contributed by atoms with E-state index < -0.39 is 6.04 Å². The van der Waals surface area contributed by atoms with Crippen LogP contribution in [0.2, 0.25) is 0 Å². The summed E-state index contributed by atoms with van der Waals surface area (Å²) in [6.07, 6.45) is 3.08. The summed E-state index contributed by atoms with van der Waals surface area (Å²) in [5, 5.41) is 2.79. The Labute approximate surface area is 129 Å². The van der Waals surface area contributed by atoms with Gasteiger partial charge >= 0.3 is 0 Å². The number of likely N-dealkylation sites (tertiary alicyclic amines) is 1. The van der Waals surface area contributed by atoms with Crippen molar-refractivity contribution in [2.45, 2.75) is 25.8 Å². The maximum atomic E-state index is 12.2. The van der Waals surface area contributed by atoms with Crippen molar-refractivity contribution in [2.75, 3.05) is 32.2 Å². The first kappa shape index (κ1) is 16.2. The summed E-state index contributed by atoms with van der Waals surface area (Å²) in [5.41, 5.74) is 0.583. The Morgan fingerprint density at radius 1 is 1.41 bits per heavy atom. The zero-order chi connectivity index (χ0) is 15.9. The molecule has 1 aliphatic heterocycles. The molecule has 1 atom stereocenters. The molecule has 0 aromatic carbocycles. The van der Waals surface area contributed by atoms with Crippen LogP contribution >= 0.6 is 0 Å². The zero-order valence-corrected chi connectivity index (χ0v) is 12.9. The highest BCUT2D eigenvalue weighted by Crippen LogP contribution is 2.19. The maximum Gasteiger partial charge on any atom is 0.247 e. The predicted octanol–water partition coefficient (Wildman–Crippen LogP) is 1.06. The topological polar surface area (TPSA) is 80.8 Å². The number of hydrogen-bond acceptors (Lipinski definition) is 5. The van der Waals surface area contributed by atoms with Gasteiger partial charge in [0, 0.05) is 26.6 Å². The Bertz CT molecular complexity index is 518. The number of anilines is 1. The van der Waals surface area contributed by atoms with Crippen LogP contribution in [0.3, 0.4) is 0 Å². The second-order valence-electron chi connectivity index (χ2n) is 5.09. The average molecular weight is 307 g/mol. The molecule has 1 aliphatic rings. The third kappa shape index (κ3) is 4.17. The summed E-state index contributed by atoms with van der Waals surface area (Å²) < 4.78 is 10.2. The van der Waals surface area contributed by atoms with Crippen LogP contribution in [0, 0.1) is 0 Å². The fourth-order valence-electron chi connectivity index (χ4n) is 2.41. The second kappa shape index (κ2) is 7.74. The number of amides is 2. The second-order valence-corrected chi connectivity index (χ2v) is 5.09. The van der Waals surface area contributed by atoms with Crippen LogP contribution in [0.25, 0.3) is 0 Å². The van der Waals surface area contributed by atoms with Gasteiger partial charge in [-0.25, -0.2) is 4.98 Å². The van der Waals surface area contributed by atoms with E-state index in [1.807, 2.05) is 0 Å². The highest BCUT2D eigenvalue weighted by molar-refractivity contribution is 5.97. The van der Waals surface area contributed by atoms with E-state index in [-0.39, 0.29) is 11.8 Å². The van der Waals surface area contributed by atoms with E-state index >= 15 is 0 Å². The van der Waals surface area contributed by atoms with Gasteiger partial charge < -0.3 is 19.7 Å². The van der Waals surface area contributed by atoms with Crippen molar-refractivity contribution in [3.63, 3.8) is 0 Å². The number of nitrogens with one attached hydrogen (secondary N) is 1. The van der Waals surface area contributed by atoms with E-state index in [4.69, 9.17) is 9.47 Å². The van der Waals surface area contributed by atoms with Crippen molar-refractivity contribution in [1.29, 1.82) is 0 Å². The average Bonchev–Trinajstić information content (AvgIpc) is 2.99. The molecule has 0 saturated carbocycles. The summed E-state index contributed by atoms with van der Waals surface area (Å²) in [4.78, 5) is 29.4. The molecule has 1 aromatic rings. The Morgan fingerprint density at radius 3 is 2.86 bits per heavy atom. The molecule has 7 nitrogen and oxygen atoms in total. The largest absolute Gasteiger partial charge is 0.475 e. The predicted molar refractivity (Wildman–Crippen MR) is 80.6 cm³/mol. The van der Waals surface area contributed by atoms with Crippen LogP contribution in [-0.4, -0.2) is 54.6 Å². The van der Waals surface area contributed by atoms with E-state index in [1.54, 1.807) is 24.1 Å². The molecular formula is C15H21N3O4. The molecule has 0 spiro atoms. The molecule has 2 amide bonds. The summed E-state index contributed by atoms with van der Waals surface area (Å²) in [5.74, 6) is 0.224. The van der Waals surface area contributed by atoms with Crippen molar-refractivity contribution < 1.29 is 19.1 Å². The summed E-state index contributed by atoms with van der Waals surface area (Å²) in [6.45, 7) is 3.03. The summed E-state index contributed by atoms with van der Waals surface area (Å²) in [7, 11) is 1.60. The number of rotatable bonds is 6. The number of methoxy groups -OCH3 is 1. The molecule has 1 aromatic heterocycles. The fraction of sp³-hybridized carbons (Fsp3) is 0.533. The van der Waals surface area contributed by atoms with Crippen molar-refractivity contribution in [3.8, 4) is 5.88 Å². The molecule has 1 fully saturated rings. The first-order valence-electron chi connectivity index (χ1n) is 7.27. The normalized spacial score (nSPS) is 17.4. The van der Waals surface area contributed by atoms with Gasteiger partial charge in [0.15, 0.2) is 0 Å². The van der Waals surface area contributed by atoms with E-state index in [9.17, 15) is 9.59 Å². The minimum Gasteiger partial charge on any atom is -0.475 e. The van der Waals surface area contributed by atoms with Crippen molar-refractivity contribution in [2.24, 2.45) is 0 Å². The minimum absolute atomic E-state index is 0.0716. The van der Waals surface area contributed by atoms with Crippen LogP contribution in [-0.2, 0) is 14.3 Å². The van der Waals surface area contributed by atoms with E-state index in [2.05, 4.69) is 10.3 Å². The fourth-order valence-corrected chi connectivity index (χ4v) is 2.41. The number of carbonyl (C=O) groups excluding carboxylic acids is 2. The lowest BCUT2D eigenvalue weighted by molar-refractivity contribution is -0.134. The molecule has 120 valence electrons. The van der Waals surface area contributed by atoms with Crippen molar-refractivity contribution in [3.05, 3.63) is 18.3 Å².